The molecule has 3 unspecified atom stereocenters. The standard InChI is InChI=1S/C15H25NO2/c1-6-18-15-9-7-14(8-10-15)12(3)16-11(2)13(4)17-5/h7-13,16H,6H2,1-5H3. The number of hydrogen-bond acceptors (Lipinski definition) is 3. The highest BCUT2D eigenvalue weighted by Crippen LogP contribution is 2.18. The van der Waals surface area contributed by atoms with Crippen LogP contribution in [0, 0.1) is 0 Å². The van der Waals surface area contributed by atoms with Crippen LogP contribution in [0.5, 0.6) is 5.75 Å². The molecular formula is C15H25NO2. The Balaban J connectivity index is 2.58. The van der Waals surface area contributed by atoms with Gasteiger partial charge in [0.2, 0.25) is 0 Å². The Labute approximate surface area is 110 Å². The van der Waals surface area contributed by atoms with Crippen LogP contribution in [-0.4, -0.2) is 25.9 Å². The van der Waals surface area contributed by atoms with E-state index in [0.29, 0.717) is 18.7 Å². The lowest BCUT2D eigenvalue weighted by Crippen LogP contribution is -2.38. The van der Waals surface area contributed by atoms with Crippen molar-refractivity contribution in [2.75, 3.05) is 13.7 Å². The van der Waals surface area contributed by atoms with Gasteiger partial charge in [0.25, 0.3) is 0 Å². The number of methoxy groups -OCH3 is 1. The van der Waals surface area contributed by atoms with Gasteiger partial charge in [-0.3, -0.25) is 0 Å². The van der Waals surface area contributed by atoms with Crippen LogP contribution in [0.4, 0.5) is 0 Å². The Morgan fingerprint density at radius 3 is 2.22 bits per heavy atom. The zero-order valence-corrected chi connectivity index (χ0v) is 12.1. The molecule has 0 heterocycles. The van der Waals surface area contributed by atoms with Gasteiger partial charge in [-0.2, -0.15) is 0 Å². The average molecular weight is 251 g/mol. The van der Waals surface area contributed by atoms with Crippen molar-refractivity contribution in [1.29, 1.82) is 0 Å². The Hall–Kier alpha value is -1.06. The summed E-state index contributed by atoms with van der Waals surface area (Å²) < 4.78 is 10.8. The molecule has 0 aliphatic carbocycles. The molecular weight excluding hydrogens is 226 g/mol. The fraction of sp³-hybridized carbons (Fsp3) is 0.600. The normalized spacial score (nSPS) is 16.1. The average Bonchev–Trinajstić information content (AvgIpc) is 2.38. The van der Waals surface area contributed by atoms with E-state index in [1.54, 1.807) is 7.11 Å². The van der Waals surface area contributed by atoms with Crippen LogP contribution in [0.25, 0.3) is 0 Å². The SMILES string of the molecule is CCOc1ccc(C(C)NC(C)C(C)OC)cc1. The third-order valence-electron chi connectivity index (χ3n) is 3.28. The zero-order chi connectivity index (χ0) is 13.5. The first-order valence-corrected chi connectivity index (χ1v) is 6.60. The van der Waals surface area contributed by atoms with Gasteiger partial charge in [0, 0.05) is 19.2 Å². The number of rotatable bonds is 7. The zero-order valence-electron chi connectivity index (χ0n) is 12.1. The third-order valence-corrected chi connectivity index (χ3v) is 3.28. The molecule has 1 N–H and O–H groups in total. The quantitative estimate of drug-likeness (QED) is 0.807. The molecule has 0 aliphatic rings. The molecule has 0 aliphatic heterocycles. The summed E-state index contributed by atoms with van der Waals surface area (Å²) in [6.45, 7) is 9.07. The van der Waals surface area contributed by atoms with Gasteiger partial charge in [-0.1, -0.05) is 12.1 Å². The van der Waals surface area contributed by atoms with Crippen molar-refractivity contribution in [2.24, 2.45) is 0 Å². The predicted molar refractivity (Wildman–Crippen MR) is 75.1 cm³/mol. The molecule has 0 aromatic heterocycles. The summed E-state index contributed by atoms with van der Waals surface area (Å²) in [7, 11) is 1.74. The monoisotopic (exact) mass is 251 g/mol. The summed E-state index contributed by atoms with van der Waals surface area (Å²) in [5.41, 5.74) is 1.26. The van der Waals surface area contributed by atoms with Crippen LogP contribution in [0.1, 0.15) is 39.3 Å². The van der Waals surface area contributed by atoms with Crippen molar-refractivity contribution in [3.63, 3.8) is 0 Å². The van der Waals surface area contributed by atoms with E-state index in [1.165, 1.54) is 5.56 Å². The summed E-state index contributed by atoms with van der Waals surface area (Å²) in [4.78, 5) is 0. The lowest BCUT2D eigenvalue weighted by Gasteiger charge is -2.24. The molecule has 102 valence electrons. The number of ether oxygens (including phenoxy) is 2. The van der Waals surface area contributed by atoms with Crippen LogP contribution < -0.4 is 10.1 Å². The van der Waals surface area contributed by atoms with Crippen LogP contribution in [-0.2, 0) is 4.74 Å². The first kappa shape index (κ1) is 15.0. The molecule has 0 spiro atoms. The topological polar surface area (TPSA) is 30.5 Å². The van der Waals surface area contributed by atoms with E-state index in [2.05, 4.69) is 38.2 Å². The minimum absolute atomic E-state index is 0.204. The summed E-state index contributed by atoms with van der Waals surface area (Å²) >= 11 is 0. The highest BCUT2D eigenvalue weighted by Gasteiger charge is 2.14. The Bertz CT molecular complexity index is 337. The van der Waals surface area contributed by atoms with Gasteiger partial charge in [0.15, 0.2) is 0 Å². The van der Waals surface area contributed by atoms with Crippen molar-refractivity contribution < 1.29 is 9.47 Å². The Morgan fingerprint density at radius 2 is 1.72 bits per heavy atom. The molecule has 0 amide bonds. The molecule has 3 atom stereocenters. The maximum Gasteiger partial charge on any atom is 0.119 e. The van der Waals surface area contributed by atoms with Crippen LogP contribution in [0.2, 0.25) is 0 Å². The van der Waals surface area contributed by atoms with Crippen molar-refractivity contribution in [3.8, 4) is 5.75 Å². The van der Waals surface area contributed by atoms with E-state index < -0.39 is 0 Å². The largest absolute Gasteiger partial charge is 0.494 e. The number of benzene rings is 1. The van der Waals surface area contributed by atoms with Crippen LogP contribution in [0.15, 0.2) is 24.3 Å². The van der Waals surface area contributed by atoms with Crippen molar-refractivity contribution >= 4 is 0 Å². The van der Waals surface area contributed by atoms with E-state index in [4.69, 9.17) is 9.47 Å². The fourth-order valence-corrected chi connectivity index (χ4v) is 1.85. The molecule has 3 nitrogen and oxygen atoms in total. The molecule has 0 saturated heterocycles. The lowest BCUT2D eigenvalue weighted by molar-refractivity contribution is 0.0852. The van der Waals surface area contributed by atoms with E-state index in [1.807, 2.05) is 19.1 Å². The molecule has 18 heavy (non-hydrogen) atoms. The third kappa shape index (κ3) is 4.31. The van der Waals surface area contributed by atoms with Crippen LogP contribution >= 0.6 is 0 Å². The second kappa shape index (κ2) is 7.39. The molecule has 0 saturated carbocycles. The van der Waals surface area contributed by atoms with E-state index >= 15 is 0 Å². The minimum Gasteiger partial charge on any atom is -0.494 e. The highest BCUT2D eigenvalue weighted by atomic mass is 16.5. The first-order chi connectivity index (χ1) is 8.58. The summed E-state index contributed by atoms with van der Waals surface area (Å²) in [6, 6.07) is 8.85. The van der Waals surface area contributed by atoms with E-state index in [9.17, 15) is 0 Å². The molecule has 1 aromatic rings. The van der Waals surface area contributed by atoms with Gasteiger partial charge in [-0.15, -0.1) is 0 Å². The molecule has 1 rings (SSSR count). The van der Waals surface area contributed by atoms with E-state index in [-0.39, 0.29) is 6.10 Å². The van der Waals surface area contributed by atoms with Crippen molar-refractivity contribution in [2.45, 2.75) is 45.9 Å². The maximum atomic E-state index is 5.44. The van der Waals surface area contributed by atoms with Crippen molar-refractivity contribution in [3.05, 3.63) is 29.8 Å². The lowest BCUT2D eigenvalue weighted by atomic mass is 10.1. The summed E-state index contributed by atoms with van der Waals surface area (Å²) in [5, 5.41) is 3.53. The summed E-state index contributed by atoms with van der Waals surface area (Å²) in [5.74, 6) is 0.923. The number of hydrogen-bond donors (Lipinski definition) is 1. The maximum absolute atomic E-state index is 5.44. The first-order valence-electron chi connectivity index (χ1n) is 6.60. The van der Waals surface area contributed by atoms with E-state index in [0.717, 1.165) is 5.75 Å². The minimum atomic E-state index is 0.204. The van der Waals surface area contributed by atoms with Gasteiger partial charge in [0.05, 0.1) is 12.7 Å². The molecule has 1 aromatic carbocycles. The molecule has 0 radical (unpaired) electrons. The van der Waals surface area contributed by atoms with Gasteiger partial charge < -0.3 is 14.8 Å². The number of nitrogens with one attached hydrogen (secondary N) is 1. The molecule has 0 bridgehead atoms. The Morgan fingerprint density at radius 1 is 1.11 bits per heavy atom. The smallest absolute Gasteiger partial charge is 0.119 e. The Kier molecular flexibility index (Phi) is 6.16. The highest BCUT2D eigenvalue weighted by molar-refractivity contribution is 5.29. The molecule has 3 heteroatoms. The summed E-state index contributed by atoms with van der Waals surface area (Å²) in [6.07, 6.45) is 0.204. The van der Waals surface area contributed by atoms with Gasteiger partial charge in [0.1, 0.15) is 5.75 Å². The van der Waals surface area contributed by atoms with Crippen molar-refractivity contribution in [1.82, 2.24) is 5.32 Å². The second-order valence-electron chi connectivity index (χ2n) is 4.62. The van der Waals surface area contributed by atoms with Gasteiger partial charge in [-0.25, -0.2) is 0 Å². The van der Waals surface area contributed by atoms with Crippen LogP contribution in [0.3, 0.4) is 0 Å². The second-order valence-corrected chi connectivity index (χ2v) is 4.62. The van der Waals surface area contributed by atoms with Gasteiger partial charge >= 0.3 is 0 Å². The molecule has 0 fully saturated rings. The van der Waals surface area contributed by atoms with Gasteiger partial charge in [-0.05, 0) is 45.4 Å². The predicted octanol–water partition coefficient (Wildman–Crippen LogP) is 3.16. The fourth-order valence-electron chi connectivity index (χ4n) is 1.85.